The predicted molar refractivity (Wildman–Crippen MR) is 147 cm³/mol. The minimum Gasteiger partial charge on any atom is -0.478 e. The second-order valence-electron chi connectivity index (χ2n) is 9.21. The molecule has 214 valence electrons. The van der Waals surface area contributed by atoms with Gasteiger partial charge in [0.1, 0.15) is 11.6 Å². The number of benzene rings is 2. The highest BCUT2D eigenvalue weighted by Gasteiger charge is 2.31. The Labute approximate surface area is 233 Å². The lowest BCUT2D eigenvalue weighted by molar-refractivity contribution is -0.274. The molecule has 4 aromatic rings. The maximum absolute atomic E-state index is 12.6. The fourth-order valence-electron chi connectivity index (χ4n) is 4.36. The van der Waals surface area contributed by atoms with Gasteiger partial charge in [-0.2, -0.15) is 5.26 Å². The highest BCUT2D eigenvalue weighted by atomic mass is 19.4. The van der Waals surface area contributed by atoms with Crippen molar-refractivity contribution in [3.05, 3.63) is 71.5 Å². The third kappa shape index (κ3) is 8.51. The molecule has 0 atom stereocenters. The van der Waals surface area contributed by atoms with E-state index in [-0.39, 0.29) is 17.7 Å². The van der Waals surface area contributed by atoms with Gasteiger partial charge in [-0.1, -0.05) is 12.1 Å². The highest BCUT2D eigenvalue weighted by molar-refractivity contribution is 6.10. The van der Waals surface area contributed by atoms with Gasteiger partial charge in [-0.3, -0.25) is 4.98 Å². The molecule has 2 aromatic carbocycles. The summed E-state index contributed by atoms with van der Waals surface area (Å²) in [6.07, 6.45) is 0.180. The van der Waals surface area contributed by atoms with Gasteiger partial charge < -0.3 is 25.2 Å². The van der Waals surface area contributed by atoms with E-state index in [1.54, 1.807) is 30.6 Å². The first-order chi connectivity index (χ1) is 19.7. The summed E-state index contributed by atoms with van der Waals surface area (Å²) in [6, 6.07) is 12.8. The largest absolute Gasteiger partial charge is 0.573 e. The molecule has 0 aliphatic rings. The number of aromatic carboxylic acids is 1. The molecule has 0 amide bonds. The van der Waals surface area contributed by atoms with Gasteiger partial charge in [0.15, 0.2) is 0 Å². The van der Waals surface area contributed by atoms with Crippen molar-refractivity contribution >= 4 is 33.5 Å². The Balaban J connectivity index is 1.19. The molecule has 0 saturated heterocycles. The van der Waals surface area contributed by atoms with Gasteiger partial charge >= 0.3 is 12.3 Å². The number of unbranched alkanes of at least 4 members (excludes halogenated alkanes) is 1. The number of ether oxygens (including phenoxy) is 2. The first-order valence-electron chi connectivity index (χ1n) is 12.9. The van der Waals surface area contributed by atoms with Crippen LogP contribution in [0.15, 0.2) is 54.9 Å². The van der Waals surface area contributed by atoms with Crippen LogP contribution < -0.4 is 15.4 Å². The number of nitrogens with zero attached hydrogens (tertiary/aromatic N) is 3. The van der Waals surface area contributed by atoms with Crippen LogP contribution in [0.3, 0.4) is 0 Å². The number of aromatic nitrogens is 2. The number of hydrogen-bond acceptors (Lipinski definition) is 8. The molecular formula is C29H28F3N5O4. The smallest absolute Gasteiger partial charge is 0.478 e. The number of carboxylic acids is 1. The molecule has 2 heterocycles. The van der Waals surface area contributed by atoms with Crippen LogP contribution >= 0.6 is 0 Å². The quantitative estimate of drug-likeness (QED) is 0.135. The molecule has 9 nitrogen and oxygen atoms in total. The van der Waals surface area contributed by atoms with E-state index >= 15 is 0 Å². The molecule has 0 aliphatic heterocycles. The first-order valence-corrected chi connectivity index (χ1v) is 12.9. The molecule has 2 aromatic heterocycles. The number of carbonyl (C=O) groups is 1. The molecule has 4 rings (SSSR count). The van der Waals surface area contributed by atoms with Crippen LogP contribution in [0.2, 0.25) is 0 Å². The average molecular weight is 568 g/mol. The Bertz CT molecular complexity index is 1560. The zero-order valence-corrected chi connectivity index (χ0v) is 22.0. The number of alkyl halides is 3. The number of nitrogens with one attached hydrogen (secondary N) is 2. The summed E-state index contributed by atoms with van der Waals surface area (Å²) in [6.45, 7) is 2.44. The number of rotatable bonds is 14. The molecule has 3 N–H and O–H groups in total. The van der Waals surface area contributed by atoms with Crippen LogP contribution in [0.1, 0.15) is 34.3 Å². The lowest BCUT2D eigenvalue weighted by atomic mass is 10.1. The third-order valence-corrected chi connectivity index (χ3v) is 6.15. The summed E-state index contributed by atoms with van der Waals surface area (Å²) in [4.78, 5) is 20.2. The first kappa shape index (κ1) is 29.5. The summed E-state index contributed by atoms with van der Waals surface area (Å²) in [5.74, 6) is -0.738. The monoisotopic (exact) mass is 567 g/mol. The maximum atomic E-state index is 12.6. The van der Waals surface area contributed by atoms with Crippen LogP contribution in [0, 0.1) is 11.3 Å². The number of hydrogen-bond donors (Lipinski definition) is 3. The highest BCUT2D eigenvalue weighted by Crippen LogP contribution is 2.29. The molecule has 0 aliphatic carbocycles. The van der Waals surface area contributed by atoms with Crippen LogP contribution in [0.4, 0.5) is 19.0 Å². The Kier molecular flexibility index (Phi) is 9.89. The minimum absolute atomic E-state index is 0.00966. The van der Waals surface area contributed by atoms with Crippen LogP contribution in [-0.4, -0.2) is 53.7 Å². The molecule has 12 heteroatoms. The van der Waals surface area contributed by atoms with Gasteiger partial charge in [0.2, 0.25) is 0 Å². The van der Waals surface area contributed by atoms with E-state index in [4.69, 9.17) is 10.00 Å². The summed E-state index contributed by atoms with van der Waals surface area (Å²) >= 11 is 0. The van der Waals surface area contributed by atoms with Crippen molar-refractivity contribution in [1.29, 1.82) is 5.26 Å². The van der Waals surface area contributed by atoms with Crippen LogP contribution in [0.25, 0.3) is 21.7 Å². The molecule has 0 spiro atoms. The van der Waals surface area contributed by atoms with Gasteiger partial charge in [-0.05, 0) is 60.8 Å². The number of fused-ring (bicyclic) bond motifs is 3. The van der Waals surface area contributed by atoms with Crippen molar-refractivity contribution in [1.82, 2.24) is 15.3 Å². The zero-order chi connectivity index (χ0) is 29.2. The third-order valence-electron chi connectivity index (χ3n) is 6.15. The van der Waals surface area contributed by atoms with E-state index in [0.29, 0.717) is 55.3 Å². The number of anilines is 1. The van der Waals surface area contributed by atoms with Crippen molar-refractivity contribution in [2.75, 3.05) is 31.6 Å². The topological polar surface area (TPSA) is 129 Å². The fourth-order valence-corrected chi connectivity index (χ4v) is 4.36. The standard InChI is InChI=1S/C29H28F3N5O4/c30-29(31,32)41-22-14-19(5-7-33)13-20(15-22)17-34-8-1-2-11-40-12-10-36-27-24-6-9-35-18-25(24)23-4-3-21(28(38)39)16-26(23)37-27/h3-4,6,9,13-16,18,34H,1-2,5,8,10-12,17H2,(H,36,37)(H,38,39). The van der Waals surface area contributed by atoms with Crippen molar-refractivity contribution in [2.45, 2.75) is 32.2 Å². The van der Waals surface area contributed by atoms with Crippen LogP contribution in [0.5, 0.6) is 5.75 Å². The van der Waals surface area contributed by atoms with E-state index < -0.39 is 12.3 Å². The Morgan fingerprint density at radius 1 is 1.00 bits per heavy atom. The molecule has 0 fully saturated rings. The average Bonchev–Trinajstić information content (AvgIpc) is 2.92. The summed E-state index contributed by atoms with van der Waals surface area (Å²) in [7, 11) is 0. The molecular weight excluding hydrogens is 539 g/mol. The maximum Gasteiger partial charge on any atom is 0.573 e. The SMILES string of the molecule is N#CCc1cc(CNCCCCOCCNc2nc3cc(C(=O)O)ccc3c3cnccc23)cc(OC(F)(F)F)c1. The van der Waals surface area contributed by atoms with Crippen molar-refractivity contribution in [3.8, 4) is 11.8 Å². The Morgan fingerprint density at radius 2 is 1.83 bits per heavy atom. The Morgan fingerprint density at radius 3 is 2.61 bits per heavy atom. The molecule has 0 bridgehead atoms. The number of halogens is 3. The minimum atomic E-state index is -4.80. The van der Waals surface area contributed by atoms with E-state index in [1.165, 1.54) is 18.2 Å². The number of nitriles is 1. The normalized spacial score (nSPS) is 11.5. The van der Waals surface area contributed by atoms with Crippen LogP contribution in [-0.2, 0) is 17.7 Å². The zero-order valence-electron chi connectivity index (χ0n) is 22.0. The Hall–Kier alpha value is -4.47. The summed E-state index contributed by atoms with van der Waals surface area (Å²) < 4.78 is 47.5. The van der Waals surface area contributed by atoms with Gasteiger partial charge in [-0.15, -0.1) is 13.2 Å². The van der Waals surface area contributed by atoms with Gasteiger partial charge in [0, 0.05) is 48.2 Å². The fraction of sp³-hybridized carbons (Fsp3) is 0.310. The second kappa shape index (κ2) is 13.7. The van der Waals surface area contributed by atoms with E-state index in [0.717, 1.165) is 29.0 Å². The van der Waals surface area contributed by atoms with E-state index in [9.17, 15) is 23.1 Å². The molecule has 0 saturated carbocycles. The van der Waals surface area contributed by atoms with E-state index in [2.05, 4.69) is 25.3 Å². The van der Waals surface area contributed by atoms with E-state index in [1.807, 2.05) is 12.1 Å². The van der Waals surface area contributed by atoms with Gasteiger partial charge in [-0.25, -0.2) is 9.78 Å². The summed E-state index contributed by atoms with van der Waals surface area (Å²) in [5, 5.41) is 27.2. The lowest BCUT2D eigenvalue weighted by Gasteiger charge is -2.13. The number of pyridine rings is 2. The number of carboxylic acid groups (broad SMARTS) is 1. The molecule has 41 heavy (non-hydrogen) atoms. The van der Waals surface area contributed by atoms with Crippen molar-refractivity contribution in [2.24, 2.45) is 0 Å². The molecule has 0 unspecified atom stereocenters. The van der Waals surface area contributed by atoms with Crippen molar-refractivity contribution < 1.29 is 32.5 Å². The van der Waals surface area contributed by atoms with Gasteiger partial charge in [0.05, 0.1) is 30.2 Å². The van der Waals surface area contributed by atoms with Gasteiger partial charge in [0.25, 0.3) is 0 Å². The lowest BCUT2D eigenvalue weighted by Crippen LogP contribution is -2.18. The van der Waals surface area contributed by atoms with Crippen molar-refractivity contribution in [3.63, 3.8) is 0 Å². The summed E-state index contributed by atoms with van der Waals surface area (Å²) in [5.41, 5.74) is 1.78. The predicted octanol–water partition coefficient (Wildman–Crippen LogP) is 5.44. The molecule has 0 radical (unpaired) electrons. The second-order valence-corrected chi connectivity index (χ2v) is 9.21.